The van der Waals surface area contributed by atoms with Gasteiger partial charge >= 0.3 is 0 Å². The van der Waals surface area contributed by atoms with Gasteiger partial charge in [0, 0.05) is 48.1 Å². The zero-order chi connectivity index (χ0) is 20.5. The van der Waals surface area contributed by atoms with Gasteiger partial charge in [-0.05, 0) is 26.8 Å². The summed E-state index contributed by atoms with van der Waals surface area (Å²) in [6.45, 7) is 7.50. The van der Waals surface area contributed by atoms with E-state index in [1.54, 1.807) is 12.5 Å². The molecule has 7 nitrogen and oxygen atoms in total. The number of aromatic nitrogens is 6. The number of para-hydroxylation sites is 1. The van der Waals surface area contributed by atoms with Gasteiger partial charge in [-0.3, -0.25) is 4.79 Å². The second kappa shape index (κ2) is 7.87. The van der Waals surface area contributed by atoms with Gasteiger partial charge in [-0.1, -0.05) is 30.0 Å². The van der Waals surface area contributed by atoms with Crippen molar-refractivity contribution in [1.29, 1.82) is 0 Å². The highest BCUT2D eigenvalue weighted by Gasteiger charge is 2.25. The molecule has 0 saturated carbocycles. The monoisotopic (exact) mass is 408 g/mol. The highest BCUT2D eigenvalue weighted by molar-refractivity contribution is 8.00. The Labute approximate surface area is 173 Å². The van der Waals surface area contributed by atoms with E-state index in [1.807, 2.05) is 54.4 Å². The van der Waals surface area contributed by atoms with Crippen LogP contribution < -0.4 is 0 Å². The molecule has 1 atom stereocenters. The molecule has 0 N–H and O–H groups in total. The molecule has 0 spiro atoms. The van der Waals surface area contributed by atoms with Crippen LogP contribution in [0.1, 0.15) is 35.7 Å². The van der Waals surface area contributed by atoms with Crippen molar-refractivity contribution in [3.05, 3.63) is 60.1 Å². The Morgan fingerprint density at radius 1 is 1.24 bits per heavy atom. The summed E-state index contributed by atoms with van der Waals surface area (Å²) in [6, 6.07) is 8.11. The molecule has 0 fully saturated rings. The minimum Gasteiger partial charge on any atom is -0.344 e. The molecule has 3 aromatic heterocycles. The standard InChI is InChI=1S/C21H24N6OS/c1-5-27-14(2)19(16-8-6-7-9-17(16)27)20(28)15(3)29-21-24-23-18(25(21)4)12-26-11-10-22-13-26/h6-11,13,15H,5,12H2,1-4H3. The van der Waals surface area contributed by atoms with Crippen molar-refractivity contribution in [1.82, 2.24) is 28.9 Å². The fourth-order valence-corrected chi connectivity index (χ4v) is 4.59. The number of thioether (sulfide) groups is 1. The van der Waals surface area contributed by atoms with Crippen LogP contribution in [-0.2, 0) is 20.1 Å². The van der Waals surface area contributed by atoms with E-state index in [2.05, 4.69) is 32.7 Å². The number of Topliss-reactive ketones (excluding diaryl/α,β-unsaturated/α-hetero) is 1. The van der Waals surface area contributed by atoms with E-state index >= 15 is 0 Å². The molecule has 0 amide bonds. The van der Waals surface area contributed by atoms with Crippen LogP contribution in [0.4, 0.5) is 0 Å². The van der Waals surface area contributed by atoms with E-state index in [1.165, 1.54) is 11.8 Å². The number of ketones is 1. The molecule has 1 aromatic carbocycles. The molecule has 150 valence electrons. The predicted octanol–water partition coefficient (Wildman–Crippen LogP) is 3.71. The first kappa shape index (κ1) is 19.4. The van der Waals surface area contributed by atoms with Crippen molar-refractivity contribution in [3.8, 4) is 0 Å². The molecule has 29 heavy (non-hydrogen) atoms. The van der Waals surface area contributed by atoms with Crippen LogP contribution >= 0.6 is 11.8 Å². The van der Waals surface area contributed by atoms with Crippen LogP contribution in [0.5, 0.6) is 0 Å². The van der Waals surface area contributed by atoms with Crippen LogP contribution in [0.2, 0.25) is 0 Å². The topological polar surface area (TPSA) is 70.5 Å². The quantitative estimate of drug-likeness (QED) is 0.344. The lowest BCUT2D eigenvalue weighted by molar-refractivity contribution is 0.0994. The van der Waals surface area contributed by atoms with E-state index in [9.17, 15) is 4.79 Å². The lowest BCUT2D eigenvalue weighted by Gasteiger charge is -2.11. The number of hydrogen-bond donors (Lipinski definition) is 0. The number of imidazole rings is 1. The zero-order valence-electron chi connectivity index (χ0n) is 17.0. The maximum absolute atomic E-state index is 13.4. The summed E-state index contributed by atoms with van der Waals surface area (Å²) in [5.74, 6) is 0.943. The molecule has 0 bridgehead atoms. The Bertz CT molecular complexity index is 1160. The van der Waals surface area contributed by atoms with E-state index in [0.29, 0.717) is 6.54 Å². The number of fused-ring (bicyclic) bond motifs is 1. The van der Waals surface area contributed by atoms with Crippen molar-refractivity contribution >= 4 is 28.4 Å². The van der Waals surface area contributed by atoms with Gasteiger partial charge < -0.3 is 13.7 Å². The average molecular weight is 409 g/mol. The first-order valence-electron chi connectivity index (χ1n) is 9.64. The molecule has 0 aliphatic carbocycles. The number of carbonyl (C=O) groups is 1. The highest BCUT2D eigenvalue weighted by Crippen LogP contribution is 2.31. The van der Waals surface area contributed by atoms with Crippen molar-refractivity contribution in [3.63, 3.8) is 0 Å². The van der Waals surface area contributed by atoms with Crippen molar-refractivity contribution in [2.75, 3.05) is 0 Å². The summed E-state index contributed by atoms with van der Waals surface area (Å²) >= 11 is 1.45. The summed E-state index contributed by atoms with van der Waals surface area (Å²) in [4.78, 5) is 17.4. The first-order chi connectivity index (χ1) is 14.0. The number of aryl methyl sites for hydroxylation is 1. The number of hydrogen-bond acceptors (Lipinski definition) is 5. The number of nitrogens with zero attached hydrogens (tertiary/aromatic N) is 6. The van der Waals surface area contributed by atoms with Gasteiger partial charge in [-0.25, -0.2) is 4.98 Å². The van der Waals surface area contributed by atoms with Crippen LogP contribution in [0.3, 0.4) is 0 Å². The lowest BCUT2D eigenvalue weighted by atomic mass is 10.0. The average Bonchev–Trinajstić information content (AvgIpc) is 3.41. The van der Waals surface area contributed by atoms with Crippen LogP contribution in [0.25, 0.3) is 10.9 Å². The molecular weight excluding hydrogens is 384 g/mol. The maximum atomic E-state index is 13.4. The Morgan fingerprint density at radius 2 is 2.03 bits per heavy atom. The Morgan fingerprint density at radius 3 is 2.76 bits per heavy atom. The summed E-state index contributed by atoms with van der Waals surface area (Å²) in [5, 5.41) is 10.1. The maximum Gasteiger partial charge on any atom is 0.191 e. The molecule has 4 aromatic rings. The van der Waals surface area contributed by atoms with Crippen molar-refractivity contribution < 1.29 is 4.79 Å². The molecule has 0 saturated heterocycles. The third kappa shape index (κ3) is 3.48. The van der Waals surface area contributed by atoms with E-state index in [-0.39, 0.29) is 11.0 Å². The van der Waals surface area contributed by atoms with Gasteiger partial charge in [0.25, 0.3) is 0 Å². The number of benzene rings is 1. The molecule has 0 aliphatic rings. The summed E-state index contributed by atoms with van der Waals surface area (Å²) in [5.41, 5.74) is 2.93. The van der Waals surface area contributed by atoms with Gasteiger partial charge in [0.05, 0.1) is 18.1 Å². The Balaban J connectivity index is 1.59. The molecule has 3 heterocycles. The second-order valence-corrected chi connectivity index (χ2v) is 8.35. The molecular formula is C21H24N6OS. The van der Waals surface area contributed by atoms with Crippen LogP contribution in [0.15, 0.2) is 48.1 Å². The van der Waals surface area contributed by atoms with Crippen molar-refractivity contribution in [2.24, 2.45) is 7.05 Å². The Hall–Kier alpha value is -2.87. The summed E-state index contributed by atoms with van der Waals surface area (Å²) in [6.07, 6.45) is 5.38. The van der Waals surface area contributed by atoms with E-state index in [0.717, 1.165) is 39.7 Å². The van der Waals surface area contributed by atoms with Crippen molar-refractivity contribution in [2.45, 2.75) is 44.3 Å². The first-order valence-corrected chi connectivity index (χ1v) is 10.5. The molecule has 0 aliphatic heterocycles. The minimum atomic E-state index is -0.270. The smallest absolute Gasteiger partial charge is 0.191 e. The normalized spacial score (nSPS) is 12.6. The highest BCUT2D eigenvalue weighted by atomic mass is 32.2. The van der Waals surface area contributed by atoms with Crippen LogP contribution in [0, 0.1) is 6.92 Å². The largest absolute Gasteiger partial charge is 0.344 e. The number of carbonyl (C=O) groups excluding carboxylic acids is 1. The van der Waals surface area contributed by atoms with Gasteiger partial charge in [-0.2, -0.15) is 0 Å². The summed E-state index contributed by atoms with van der Waals surface area (Å²) in [7, 11) is 1.93. The molecule has 4 rings (SSSR count). The van der Waals surface area contributed by atoms with E-state index in [4.69, 9.17) is 0 Å². The van der Waals surface area contributed by atoms with Crippen LogP contribution in [-0.4, -0.2) is 39.9 Å². The van der Waals surface area contributed by atoms with Gasteiger partial charge in [0.1, 0.15) is 0 Å². The minimum absolute atomic E-state index is 0.120. The fraction of sp³-hybridized carbons (Fsp3) is 0.333. The zero-order valence-corrected chi connectivity index (χ0v) is 17.8. The molecule has 8 heteroatoms. The van der Waals surface area contributed by atoms with Gasteiger partial charge in [0.2, 0.25) is 0 Å². The molecule has 0 radical (unpaired) electrons. The summed E-state index contributed by atoms with van der Waals surface area (Å²) < 4.78 is 6.08. The predicted molar refractivity (Wildman–Crippen MR) is 114 cm³/mol. The molecule has 1 unspecified atom stereocenters. The third-order valence-corrected chi connectivity index (χ3v) is 6.39. The third-order valence-electron chi connectivity index (χ3n) is 5.25. The number of rotatable bonds is 7. The lowest BCUT2D eigenvalue weighted by Crippen LogP contribution is -2.16. The second-order valence-electron chi connectivity index (χ2n) is 7.04. The van der Waals surface area contributed by atoms with E-state index < -0.39 is 0 Å². The fourth-order valence-electron chi connectivity index (χ4n) is 3.69. The van der Waals surface area contributed by atoms with Gasteiger partial charge in [-0.15, -0.1) is 10.2 Å². The van der Waals surface area contributed by atoms with Gasteiger partial charge in [0.15, 0.2) is 16.8 Å². The SMILES string of the molecule is CCn1c(C)c(C(=O)C(C)Sc2nnc(Cn3ccnc3)n2C)c2ccccc21. The Kier molecular flexibility index (Phi) is 5.27.